The average Bonchev–Trinajstić information content (AvgIpc) is 2.63. The first kappa shape index (κ1) is 16.0. The van der Waals surface area contributed by atoms with Crippen LogP contribution in [0.2, 0.25) is 0 Å². The Morgan fingerprint density at radius 3 is 2.48 bits per heavy atom. The number of hydrogen-bond acceptors (Lipinski definition) is 4. The molecule has 0 saturated heterocycles. The number of nitrogens with zero attached hydrogens (tertiary/aromatic N) is 2. The Hall–Kier alpha value is -1.41. The van der Waals surface area contributed by atoms with Crippen molar-refractivity contribution < 1.29 is 18.3 Å². The van der Waals surface area contributed by atoms with Crippen LogP contribution in [0.3, 0.4) is 0 Å². The van der Waals surface area contributed by atoms with Crippen molar-refractivity contribution in [1.29, 1.82) is 0 Å². The van der Waals surface area contributed by atoms with Gasteiger partial charge in [-0.15, -0.1) is 0 Å². The van der Waals surface area contributed by atoms with Gasteiger partial charge in [0.25, 0.3) is 0 Å². The molecule has 0 spiro atoms. The quantitative estimate of drug-likeness (QED) is 0.861. The van der Waals surface area contributed by atoms with E-state index in [1.807, 2.05) is 0 Å². The predicted octanol–water partition coefficient (Wildman–Crippen LogP) is 0.959. The first-order chi connectivity index (χ1) is 9.74. The molecule has 7 nitrogen and oxygen atoms in total. The number of sulfonamides is 1. The van der Waals surface area contributed by atoms with E-state index in [2.05, 4.69) is 9.82 Å². The topological polar surface area (TPSA) is 101 Å². The fourth-order valence-electron chi connectivity index (χ4n) is 2.97. The Labute approximate surface area is 124 Å². The lowest BCUT2D eigenvalue weighted by Gasteiger charge is -2.29. The zero-order valence-corrected chi connectivity index (χ0v) is 13.3. The van der Waals surface area contributed by atoms with Gasteiger partial charge in [0, 0.05) is 13.1 Å². The summed E-state index contributed by atoms with van der Waals surface area (Å²) < 4.78 is 29.2. The van der Waals surface area contributed by atoms with Crippen molar-refractivity contribution in [3.05, 3.63) is 11.4 Å². The highest BCUT2D eigenvalue weighted by Gasteiger charge is 2.35. The standard InChI is InChI=1S/C13H21N3O4S/c1-8-12(9(2)16(3)14-8)21(19,20)15-11-7-5-4-6-10(11)13(17)18/h10-11,15H,4-7H2,1-3H3,(H,17,18). The van der Waals surface area contributed by atoms with Gasteiger partial charge in [0.2, 0.25) is 10.0 Å². The third-order valence-corrected chi connectivity index (χ3v) is 5.84. The molecule has 0 radical (unpaired) electrons. The minimum Gasteiger partial charge on any atom is -0.481 e. The zero-order chi connectivity index (χ0) is 15.8. The summed E-state index contributed by atoms with van der Waals surface area (Å²) in [5, 5.41) is 13.3. The van der Waals surface area contributed by atoms with Crippen LogP contribution in [0.5, 0.6) is 0 Å². The van der Waals surface area contributed by atoms with Crippen LogP contribution in [0.25, 0.3) is 0 Å². The average molecular weight is 315 g/mol. The van der Waals surface area contributed by atoms with Gasteiger partial charge in [0.05, 0.1) is 17.3 Å². The van der Waals surface area contributed by atoms with Crippen LogP contribution < -0.4 is 4.72 Å². The highest BCUT2D eigenvalue weighted by atomic mass is 32.2. The molecule has 0 aliphatic heterocycles. The van der Waals surface area contributed by atoms with Crippen LogP contribution >= 0.6 is 0 Å². The fraction of sp³-hybridized carbons (Fsp3) is 0.692. The minimum atomic E-state index is -3.76. The van der Waals surface area contributed by atoms with E-state index in [9.17, 15) is 18.3 Å². The van der Waals surface area contributed by atoms with E-state index in [0.717, 1.165) is 12.8 Å². The molecule has 1 aromatic heterocycles. The molecule has 1 fully saturated rings. The number of aryl methyl sites for hydroxylation is 2. The molecule has 2 atom stereocenters. The van der Waals surface area contributed by atoms with E-state index in [1.165, 1.54) is 4.68 Å². The lowest BCUT2D eigenvalue weighted by Crippen LogP contribution is -2.45. The largest absolute Gasteiger partial charge is 0.481 e. The van der Waals surface area contributed by atoms with Crippen LogP contribution in [-0.2, 0) is 21.9 Å². The lowest BCUT2D eigenvalue weighted by molar-refractivity contribution is -0.143. The Bertz CT molecular complexity index is 651. The van der Waals surface area contributed by atoms with E-state index in [-0.39, 0.29) is 4.90 Å². The number of rotatable bonds is 4. The third-order valence-electron chi connectivity index (χ3n) is 4.10. The van der Waals surface area contributed by atoms with Gasteiger partial charge in [-0.1, -0.05) is 12.8 Å². The Morgan fingerprint density at radius 1 is 1.33 bits per heavy atom. The molecular weight excluding hydrogens is 294 g/mol. The maximum atomic E-state index is 12.6. The summed E-state index contributed by atoms with van der Waals surface area (Å²) in [6.07, 6.45) is 2.71. The van der Waals surface area contributed by atoms with Gasteiger partial charge in [-0.3, -0.25) is 9.48 Å². The van der Waals surface area contributed by atoms with Crippen LogP contribution in [0, 0.1) is 19.8 Å². The second kappa shape index (κ2) is 5.76. The molecule has 118 valence electrons. The number of carboxylic acid groups (broad SMARTS) is 1. The summed E-state index contributed by atoms with van der Waals surface area (Å²) in [4.78, 5) is 11.4. The van der Waals surface area contributed by atoms with Gasteiger partial charge < -0.3 is 5.11 Å². The summed E-state index contributed by atoms with van der Waals surface area (Å²) in [6, 6.07) is -0.555. The molecule has 1 aliphatic carbocycles. The summed E-state index contributed by atoms with van der Waals surface area (Å²) in [5.74, 6) is -1.60. The van der Waals surface area contributed by atoms with Gasteiger partial charge in [-0.05, 0) is 26.7 Å². The number of nitrogens with one attached hydrogen (secondary N) is 1. The van der Waals surface area contributed by atoms with Crippen LogP contribution in [0.1, 0.15) is 37.1 Å². The molecule has 2 rings (SSSR count). The number of carboxylic acids is 1. The Kier molecular flexibility index (Phi) is 4.38. The van der Waals surface area contributed by atoms with E-state index >= 15 is 0 Å². The molecule has 21 heavy (non-hydrogen) atoms. The lowest BCUT2D eigenvalue weighted by atomic mass is 9.85. The van der Waals surface area contributed by atoms with E-state index in [1.54, 1.807) is 20.9 Å². The van der Waals surface area contributed by atoms with Gasteiger partial charge in [-0.2, -0.15) is 5.10 Å². The summed E-state index contributed by atoms with van der Waals surface area (Å²) >= 11 is 0. The first-order valence-electron chi connectivity index (χ1n) is 6.99. The minimum absolute atomic E-state index is 0.153. The van der Waals surface area contributed by atoms with E-state index in [0.29, 0.717) is 24.2 Å². The first-order valence-corrected chi connectivity index (χ1v) is 8.47. The molecule has 8 heteroatoms. The molecule has 0 amide bonds. The Morgan fingerprint density at radius 2 is 1.95 bits per heavy atom. The number of hydrogen-bond donors (Lipinski definition) is 2. The summed E-state index contributed by atoms with van der Waals surface area (Å²) in [5.41, 5.74) is 0.966. The van der Waals surface area contributed by atoms with Crippen molar-refractivity contribution in [1.82, 2.24) is 14.5 Å². The molecule has 1 heterocycles. The summed E-state index contributed by atoms with van der Waals surface area (Å²) in [7, 11) is -2.08. The third kappa shape index (κ3) is 3.11. The maximum Gasteiger partial charge on any atom is 0.308 e. The van der Waals surface area contributed by atoms with Crippen molar-refractivity contribution in [3.8, 4) is 0 Å². The van der Waals surface area contributed by atoms with Crippen molar-refractivity contribution in [2.75, 3.05) is 0 Å². The highest BCUT2D eigenvalue weighted by Crippen LogP contribution is 2.27. The molecular formula is C13H21N3O4S. The summed E-state index contributed by atoms with van der Waals surface area (Å²) in [6.45, 7) is 3.32. The molecule has 1 aliphatic rings. The van der Waals surface area contributed by atoms with Gasteiger partial charge in [-0.25, -0.2) is 13.1 Å². The smallest absolute Gasteiger partial charge is 0.308 e. The van der Waals surface area contributed by atoms with Crippen molar-refractivity contribution in [2.45, 2.75) is 50.5 Å². The van der Waals surface area contributed by atoms with Crippen molar-refractivity contribution in [2.24, 2.45) is 13.0 Å². The SMILES string of the molecule is Cc1nn(C)c(C)c1S(=O)(=O)NC1CCCCC1C(=O)O. The number of carbonyl (C=O) groups is 1. The predicted molar refractivity (Wildman–Crippen MR) is 76.4 cm³/mol. The maximum absolute atomic E-state index is 12.6. The number of aliphatic carboxylic acids is 1. The molecule has 0 aromatic carbocycles. The van der Waals surface area contributed by atoms with E-state index in [4.69, 9.17) is 0 Å². The van der Waals surface area contributed by atoms with Gasteiger partial charge in [0.15, 0.2) is 0 Å². The second-order valence-corrected chi connectivity index (χ2v) is 7.23. The monoisotopic (exact) mass is 315 g/mol. The van der Waals surface area contributed by atoms with Gasteiger partial charge in [0.1, 0.15) is 4.90 Å². The zero-order valence-electron chi connectivity index (χ0n) is 12.5. The van der Waals surface area contributed by atoms with Crippen LogP contribution in [0.4, 0.5) is 0 Å². The van der Waals surface area contributed by atoms with Crippen LogP contribution in [-0.4, -0.2) is 35.3 Å². The van der Waals surface area contributed by atoms with Crippen molar-refractivity contribution in [3.63, 3.8) is 0 Å². The fourth-order valence-corrected chi connectivity index (χ4v) is 4.72. The molecule has 1 saturated carbocycles. The molecule has 2 N–H and O–H groups in total. The van der Waals surface area contributed by atoms with Gasteiger partial charge >= 0.3 is 5.97 Å². The molecule has 1 aromatic rings. The molecule has 2 unspecified atom stereocenters. The molecule has 0 bridgehead atoms. The normalized spacial score (nSPS) is 23.2. The highest BCUT2D eigenvalue weighted by molar-refractivity contribution is 7.89. The van der Waals surface area contributed by atoms with Crippen molar-refractivity contribution >= 4 is 16.0 Å². The number of aromatic nitrogens is 2. The second-order valence-electron chi connectivity index (χ2n) is 5.58. The van der Waals surface area contributed by atoms with Crippen LogP contribution in [0.15, 0.2) is 4.90 Å². The Balaban J connectivity index is 2.30. The van der Waals surface area contributed by atoms with E-state index < -0.39 is 28.0 Å².